The molecule has 0 bridgehead atoms. The predicted octanol–water partition coefficient (Wildman–Crippen LogP) is 2.56. The first-order valence-corrected chi connectivity index (χ1v) is 9.59. The van der Waals surface area contributed by atoms with Gasteiger partial charge in [-0.15, -0.1) is 0 Å². The number of carbonyl (C=O) groups excluding carboxylic acids is 1. The Balaban J connectivity index is 1.23. The molecule has 0 aliphatic carbocycles. The van der Waals surface area contributed by atoms with E-state index < -0.39 is 0 Å². The Morgan fingerprint density at radius 1 is 0.964 bits per heavy atom. The number of nitriles is 1. The summed E-state index contributed by atoms with van der Waals surface area (Å²) in [6.45, 7) is 4.41. The molecule has 1 saturated heterocycles. The molecule has 0 saturated carbocycles. The summed E-state index contributed by atoms with van der Waals surface area (Å²) in [5, 5.41) is 8.85. The van der Waals surface area contributed by atoms with Crippen LogP contribution in [0.5, 0.6) is 11.5 Å². The van der Waals surface area contributed by atoms with E-state index in [1.807, 2.05) is 29.2 Å². The lowest BCUT2D eigenvalue weighted by molar-refractivity contribution is -0.133. The molecule has 4 rings (SSSR count). The second-order valence-electron chi connectivity index (χ2n) is 7.15. The van der Waals surface area contributed by atoms with Gasteiger partial charge in [0.25, 0.3) is 0 Å². The number of piperazine rings is 1. The van der Waals surface area contributed by atoms with Crippen LogP contribution in [0.1, 0.15) is 23.1 Å². The maximum Gasteiger partial charge on any atom is 0.231 e. The Kier molecular flexibility index (Phi) is 5.45. The highest BCUT2D eigenvalue weighted by molar-refractivity contribution is 5.76. The van der Waals surface area contributed by atoms with Gasteiger partial charge in [0, 0.05) is 39.1 Å². The highest BCUT2D eigenvalue weighted by Crippen LogP contribution is 2.32. The smallest absolute Gasteiger partial charge is 0.231 e. The van der Waals surface area contributed by atoms with Crippen LogP contribution in [0.3, 0.4) is 0 Å². The van der Waals surface area contributed by atoms with Crippen LogP contribution in [0.4, 0.5) is 0 Å². The van der Waals surface area contributed by atoms with Crippen LogP contribution in [-0.2, 0) is 17.8 Å². The average Bonchev–Trinajstić information content (AvgIpc) is 3.21. The van der Waals surface area contributed by atoms with E-state index in [1.54, 1.807) is 12.1 Å². The third kappa shape index (κ3) is 4.26. The molecule has 0 atom stereocenters. The molecule has 6 nitrogen and oxygen atoms in total. The van der Waals surface area contributed by atoms with E-state index in [9.17, 15) is 4.79 Å². The van der Waals surface area contributed by atoms with Gasteiger partial charge in [-0.3, -0.25) is 9.69 Å². The molecule has 0 aromatic heterocycles. The molecule has 1 amide bonds. The molecule has 2 heterocycles. The zero-order chi connectivity index (χ0) is 19.3. The van der Waals surface area contributed by atoms with Crippen molar-refractivity contribution < 1.29 is 14.3 Å². The quantitative estimate of drug-likeness (QED) is 0.801. The lowest BCUT2D eigenvalue weighted by atomic mass is 10.1. The molecule has 28 heavy (non-hydrogen) atoms. The third-order valence-corrected chi connectivity index (χ3v) is 5.28. The number of hydrogen-bond donors (Lipinski definition) is 0. The number of fused-ring (bicyclic) bond motifs is 1. The SMILES string of the molecule is N#Cc1ccc(CCC(=O)N2CCN(Cc3ccc4c(c3)OCO4)CC2)cc1. The summed E-state index contributed by atoms with van der Waals surface area (Å²) in [4.78, 5) is 16.8. The number of hydrogen-bond acceptors (Lipinski definition) is 5. The molecular formula is C22H23N3O3. The largest absolute Gasteiger partial charge is 0.454 e. The number of carbonyl (C=O) groups is 1. The van der Waals surface area contributed by atoms with Crippen LogP contribution in [0.25, 0.3) is 0 Å². The number of benzene rings is 2. The van der Waals surface area contributed by atoms with Gasteiger partial charge in [0.1, 0.15) is 0 Å². The van der Waals surface area contributed by atoms with E-state index in [0.717, 1.165) is 49.8 Å². The molecule has 2 aromatic carbocycles. The zero-order valence-corrected chi connectivity index (χ0v) is 15.8. The molecule has 2 aliphatic rings. The summed E-state index contributed by atoms with van der Waals surface area (Å²) < 4.78 is 10.8. The Hall–Kier alpha value is -3.04. The molecule has 0 unspecified atom stereocenters. The number of rotatable bonds is 5. The van der Waals surface area contributed by atoms with E-state index in [1.165, 1.54) is 5.56 Å². The molecule has 2 aromatic rings. The fraction of sp³-hybridized carbons (Fsp3) is 0.364. The summed E-state index contributed by atoms with van der Waals surface area (Å²) in [5.74, 6) is 1.82. The van der Waals surface area contributed by atoms with E-state index in [2.05, 4.69) is 17.0 Å². The normalized spacial score (nSPS) is 16.0. The van der Waals surface area contributed by atoms with E-state index in [4.69, 9.17) is 14.7 Å². The topological polar surface area (TPSA) is 65.8 Å². The van der Waals surface area contributed by atoms with Crippen molar-refractivity contribution in [1.82, 2.24) is 9.80 Å². The lowest BCUT2D eigenvalue weighted by Crippen LogP contribution is -2.48. The fourth-order valence-corrected chi connectivity index (χ4v) is 3.61. The number of aryl methyl sites for hydroxylation is 1. The fourth-order valence-electron chi connectivity index (χ4n) is 3.61. The standard InChI is InChI=1S/C22H23N3O3/c23-14-18-3-1-17(2-4-18)6-8-22(26)25-11-9-24(10-12-25)15-19-5-7-20-21(13-19)28-16-27-20/h1-5,7,13H,6,8-12,15-16H2. The monoisotopic (exact) mass is 377 g/mol. The van der Waals surface area contributed by atoms with Crippen molar-refractivity contribution in [2.24, 2.45) is 0 Å². The third-order valence-electron chi connectivity index (χ3n) is 5.28. The molecule has 1 fully saturated rings. The maximum atomic E-state index is 12.5. The van der Waals surface area contributed by atoms with Crippen LogP contribution < -0.4 is 9.47 Å². The first-order chi connectivity index (χ1) is 13.7. The minimum atomic E-state index is 0.201. The molecule has 0 radical (unpaired) electrons. The summed E-state index contributed by atoms with van der Waals surface area (Å²) >= 11 is 0. The molecule has 6 heteroatoms. The molecule has 2 aliphatic heterocycles. The summed E-state index contributed by atoms with van der Waals surface area (Å²) in [6.07, 6.45) is 1.22. The Bertz CT molecular complexity index is 881. The zero-order valence-electron chi connectivity index (χ0n) is 15.8. The van der Waals surface area contributed by atoms with Crippen molar-refractivity contribution in [3.8, 4) is 17.6 Å². The molecular weight excluding hydrogens is 354 g/mol. The highest BCUT2D eigenvalue weighted by atomic mass is 16.7. The van der Waals surface area contributed by atoms with Crippen molar-refractivity contribution >= 4 is 5.91 Å². The van der Waals surface area contributed by atoms with Gasteiger partial charge < -0.3 is 14.4 Å². The molecule has 0 N–H and O–H groups in total. The minimum absolute atomic E-state index is 0.201. The van der Waals surface area contributed by atoms with Crippen LogP contribution in [0.15, 0.2) is 42.5 Å². The summed E-state index contributed by atoms with van der Waals surface area (Å²) in [5.41, 5.74) is 2.94. The van der Waals surface area contributed by atoms with Gasteiger partial charge in [0.2, 0.25) is 12.7 Å². The van der Waals surface area contributed by atoms with Crippen LogP contribution in [0, 0.1) is 11.3 Å². The van der Waals surface area contributed by atoms with Gasteiger partial charge in [-0.2, -0.15) is 5.26 Å². The maximum absolute atomic E-state index is 12.5. The predicted molar refractivity (Wildman–Crippen MR) is 104 cm³/mol. The van der Waals surface area contributed by atoms with Crippen LogP contribution in [0.2, 0.25) is 0 Å². The van der Waals surface area contributed by atoms with Crippen molar-refractivity contribution in [3.63, 3.8) is 0 Å². The van der Waals surface area contributed by atoms with Gasteiger partial charge in [-0.05, 0) is 41.8 Å². The van der Waals surface area contributed by atoms with Crippen LogP contribution in [-0.4, -0.2) is 48.7 Å². The Morgan fingerprint density at radius 3 is 2.43 bits per heavy atom. The first kappa shape index (κ1) is 18.3. The van der Waals surface area contributed by atoms with E-state index in [0.29, 0.717) is 25.2 Å². The number of ether oxygens (including phenoxy) is 2. The second kappa shape index (κ2) is 8.32. The van der Waals surface area contributed by atoms with Crippen molar-refractivity contribution in [2.45, 2.75) is 19.4 Å². The average molecular weight is 377 g/mol. The van der Waals surface area contributed by atoms with Gasteiger partial charge in [-0.25, -0.2) is 0 Å². The Labute approximate surface area is 164 Å². The number of amides is 1. The van der Waals surface area contributed by atoms with Crippen molar-refractivity contribution in [2.75, 3.05) is 33.0 Å². The van der Waals surface area contributed by atoms with Gasteiger partial charge in [0.05, 0.1) is 11.6 Å². The molecule has 0 spiro atoms. The van der Waals surface area contributed by atoms with Gasteiger partial charge in [-0.1, -0.05) is 18.2 Å². The highest BCUT2D eigenvalue weighted by Gasteiger charge is 2.21. The molecule has 144 valence electrons. The first-order valence-electron chi connectivity index (χ1n) is 9.59. The van der Waals surface area contributed by atoms with Gasteiger partial charge in [0.15, 0.2) is 11.5 Å². The summed E-state index contributed by atoms with van der Waals surface area (Å²) in [7, 11) is 0. The Morgan fingerprint density at radius 2 is 1.68 bits per heavy atom. The summed E-state index contributed by atoms with van der Waals surface area (Å²) in [6, 6.07) is 15.6. The number of nitrogens with zero attached hydrogens (tertiary/aromatic N) is 3. The second-order valence-corrected chi connectivity index (χ2v) is 7.15. The van der Waals surface area contributed by atoms with Crippen molar-refractivity contribution in [1.29, 1.82) is 5.26 Å². The van der Waals surface area contributed by atoms with E-state index in [-0.39, 0.29) is 5.91 Å². The lowest BCUT2D eigenvalue weighted by Gasteiger charge is -2.34. The van der Waals surface area contributed by atoms with Crippen molar-refractivity contribution in [3.05, 3.63) is 59.2 Å². The van der Waals surface area contributed by atoms with E-state index >= 15 is 0 Å². The minimum Gasteiger partial charge on any atom is -0.454 e. The van der Waals surface area contributed by atoms with Gasteiger partial charge >= 0.3 is 0 Å². The van der Waals surface area contributed by atoms with Crippen LogP contribution >= 0.6 is 0 Å².